The van der Waals surface area contributed by atoms with Gasteiger partial charge in [-0.25, -0.2) is 4.39 Å². The van der Waals surface area contributed by atoms with Crippen molar-refractivity contribution in [3.8, 4) is 0 Å². The van der Waals surface area contributed by atoms with Crippen molar-refractivity contribution in [2.75, 3.05) is 23.8 Å². The van der Waals surface area contributed by atoms with Gasteiger partial charge in [0, 0.05) is 12.6 Å². The second-order valence-electron chi connectivity index (χ2n) is 3.71. The summed E-state index contributed by atoms with van der Waals surface area (Å²) < 4.78 is 12.8. The minimum Gasteiger partial charge on any atom is -0.397 e. The van der Waals surface area contributed by atoms with Crippen molar-refractivity contribution >= 4 is 11.4 Å². The molecule has 1 aromatic rings. The Hall–Kier alpha value is -1.29. The fraction of sp³-hybridized carbons (Fsp3) is 0.455. The van der Waals surface area contributed by atoms with Gasteiger partial charge in [-0.3, -0.25) is 0 Å². The van der Waals surface area contributed by atoms with Gasteiger partial charge >= 0.3 is 0 Å². The maximum Gasteiger partial charge on any atom is 0.125 e. The maximum atomic E-state index is 12.8. The van der Waals surface area contributed by atoms with Crippen LogP contribution in [0.15, 0.2) is 18.2 Å². The van der Waals surface area contributed by atoms with Gasteiger partial charge in [0.05, 0.1) is 18.0 Å². The van der Waals surface area contributed by atoms with Crippen LogP contribution in [0.3, 0.4) is 0 Å². The van der Waals surface area contributed by atoms with Crippen LogP contribution in [0.25, 0.3) is 0 Å². The number of nitrogen functional groups attached to an aromatic ring is 1. The Morgan fingerprint density at radius 3 is 2.60 bits per heavy atom. The van der Waals surface area contributed by atoms with Crippen LogP contribution in [0.2, 0.25) is 0 Å². The summed E-state index contributed by atoms with van der Waals surface area (Å²) in [4.78, 5) is 1.94. The lowest BCUT2D eigenvalue weighted by atomic mass is 10.2. The summed E-state index contributed by atoms with van der Waals surface area (Å²) in [5.74, 6) is -0.344. The van der Waals surface area contributed by atoms with Gasteiger partial charge in [0.2, 0.25) is 0 Å². The van der Waals surface area contributed by atoms with Crippen LogP contribution < -0.4 is 10.6 Å². The van der Waals surface area contributed by atoms with E-state index in [1.807, 2.05) is 18.7 Å². The highest BCUT2D eigenvalue weighted by Gasteiger charge is 2.12. The molecule has 0 aliphatic rings. The average molecular weight is 212 g/mol. The third-order valence-electron chi connectivity index (χ3n) is 2.26. The van der Waals surface area contributed by atoms with E-state index in [0.29, 0.717) is 12.2 Å². The molecule has 0 unspecified atom stereocenters. The molecule has 0 aliphatic heterocycles. The zero-order chi connectivity index (χ0) is 11.4. The first kappa shape index (κ1) is 11.8. The molecule has 0 saturated heterocycles. The summed E-state index contributed by atoms with van der Waals surface area (Å²) >= 11 is 0. The van der Waals surface area contributed by atoms with Gasteiger partial charge in [0.15, 0.2) is 0 Å². The summed E-state index contributed by atoms with van der Waals surface area (Å²) in [5.41, 5.74) is 6.89. The Morgan fingerprint density at radius 2 is 2.13 bits per heavy atom. The maximum absolute atomic E-state index is 12.8. The normalized spacial score (nSPS) is 10.7. The number of rotatable bonds is 4. The van der Waals surface area contributed by atoms with Gasteiger partial charge < -0.3 is 15.7 Å². The topological polar surface area (TPSA) is 49.5 Å². The number of hydrogen-bond acceptors (Lipinski definition) is 3. The molecular formula is C11H17FN2O. The van der Waals surface area contributed by atoms with Crippen molar-refractivity contribution in [3.63, 3.8) is 0 Å². The second kappa shape index (κ2) is 4.98. The van der Waals surface area contributed by atoms with Gasteiger partial charge in [-0.05, 0) is 32.0 Å². The van der Waals surface area contributed by atoms with E-state index in [1.165, 1.54) is 12.1 Å². The molecule has 0 bridgehead atoms. The lowest BCUT2D eigenvalue weighted by Crippen LogP contribution is -2.34. The largest absolute Gasteiger partial charge is 0.397 e. The predicted octanol–water partition coefficient (Wildman–Crippen LogP) is 1.61. The van der Waals surface area contributed by atoms with Crippen molar-refractivity contribution in [3.05, 3.63) is 24.0 Å². The zero-order valence-corrected chi connectivity index (χ0v) is 9.07. The summed E-state index contributed by atoms with van der Waals surface area (Å²) in [5, 5.41) is 8.94. The van der Waals surface area contributed by atoms with Gasteiger partial charge in [0.1, 0.15) is 5.82 Å². The van der Waals surface area contributed by atoms with Crippen LogP contribution in [-0.2, 0) is 0 Å². The third kappa shape index (κ3) is 2.83. The number of halogens is 1. The molecule has 0 amide bonds. The molecular weight excluding hydrogens is 195 g/mol. The molecule has 0 fully saturated rings. The standard InChI is InChI=1S/C11H17FN2O/c1-8(2)14(5-6-15)11-4-3-9(12)7-10(11)13/h3-4,7-8,15H,5-6,13H2,1-2H3. The Kier molecular flexibility index (Phi) is 3.91. The SMILES string of the molecule is CC(C)N(CCO)c1ccc(F)cc1N. The number of aliphatic hydroxyl groups excluding tert-OH is 1. The minimum atomic E-state index is -0.344. The number of benzene rings is 1. The molecule has 0 radical (unpaired) electrons. The summed E-state index contributed by atoms with van der Waals surface area (Å²) in [7, 11) is 0. The van der Waals surface area contributed by atoms with E-state index in [9.17, 15) is 4.39 Å². The summed E-state index contributed by atoms with van der Waals surface area (Å²) in [6, 6.07) is 4.52. The first-order valence-corrected chi connectivity index (χ1v) is 4.98. The molecule has 15 heavy (non-hydrogen) atoms. The Bertz CT molecular complexity index is 328. The molecule has 1 rings (SSSR count). The van der Waals surface area contributed by atoms with Crippen LogP contribution in [0, 0.1) is 5.82 Å². The highest BCUT2D eigenvalue weighted by atomic mass is 19.1. The molecule has 0 atom stereocenters. The van der Waals surface area contributed by atoms with Crippen LogP contribution in [-0.4, -0.2) is 24.3 Å². The predicted molar refractivity (Wildman–Crippen MR) is 60.4 cm³/mol. The van der Waals surface area contributed by atoms with E-state index in [2.05, 4.69) is 0 Å². The second-order valence-corrected chi connectivity index (χ2v) is 3.71. The van der Waals surface area contributed by atoms with E-state index >= 15 is 0 Å². The average Bonchev–Trinajstić information content (AvgIpc) is 2.15. The molecule has 1 aromatic carbocycles. The molecule has 0 spiro atoms. The fourth-order valence-electron chi connectivity index (χ4n) is 1.55. The highest BCUT2D eigenvalue weighted by Crippen LogP contribution is 2.25. The third-order valence-corrected chi connectivity index (χ3v) is 2.26. The molecule has 0 saturated carbocycles. The van der Waals surface area contributed by atoms with E-state index in [0.717, 1.165) is 5.69 Å². The molecule has 84 valence electrons. The van der Waals surface area contributed by atoms with E-state index in [1.54, 1.807) is 6.07 Å². The highest BCUT2D eigenvalue weighted by molar-refractivity contribution is 5.67. The molecule has 0 heterocycles. The van der Waals surface area contributed by atoms with E-state index < -0.39 is 0 Å². The first-order chi connectivity index (χ1) is 7.06. The van der Waals surface area contributed by atoms with Gasteiger partial charge in [0.25, 0.3) is 0 Å². The number of nitrogens with two attached hydrogens (primary N) is 1. The Balaban J connectivity index is 3.00. The molecule has 4 heteroatoms. The molecule has 0 aliphatic carbocycles. The van der Waals surface area contributed by atoms with Crippen LogP contribution in [0.1, 0.15) is 13.8 Å². The van der Waals surface area contributed by atoms with Crippen LogP contribution in [0.5, 0.6) is 0 Å². The Morgan fingerprint density at radius 1 is 1.47 bits per heavy atom. The molecule has 3 N–H and O–H groups in total. The smallest absolute Gasteiger partial charge is 0.125 e. The van der Waals surface area contributed by atoms with Crippen molar-refractivity contribution in [1.82, 2.24) is 0 Å². The summed E-state index contributed by atoms with van der Waals surface area (Å²) in [6.07, 6.45) is 0. The van der Waals surface area contributed by atoms with E-state index in [4.69, 9.17) is 10.8 Å². The first-order valence-electron chi connectivity index (χ1n) is 4.98. The van der Waals surface area contributed by atoms with Crippen LogP contribution >= 0.6 is 0 Å². The van der Waals surface area contributed by atoms with E-state index in [-0.39, 0.29) is 18.5 Å². The fourth-order valence-corrected chi connectivity index (χ4v) is 1.55. The quantitative estimate of drug-likeness (QED) is 0.745. The van der Waals surface area contributed by atoms with Gasteiger partial charge in [-0.2, -0.15) is 0 Å². The number of aliphatic hydroxyl groups is 1. The summed E-state index contributed by atoms with van der Waals surface area (Å²) in [6.45, 7) is 4.54. The lowest BCUT2D eigenvalue weighted by molar-refractivity contribution is 0.299. The van der Waals surface area contributed by atoms with Crippen LogP contribution in [0.4, 0.5) is 15.8 Å². The molecule has 3 nitrogen and oxygen atoms in total. The van der Waals surface area contributed by atoms with Gasteiger partial charge in [-0.1, -0.05) is 0 Å². The number of anilines is 2. The lowest BCUT2D eigenvalue weighted by Gasteiger charge is -2.29. The van der Waals surface area contributed by atoms with Crippen molar-refractivity contribution < 1.29 is 9.50 Å². The zero-order valence-electron chi connectivity index (χ0n) is 9.07. The number of hydrogen-bond donors (Lipinski definition) is 2. The monoisotopic (exact) mass is 212 g/mol. The van der Waals surface area contributed by atoms with Crippen molar-refractivity contribution in [2.45, 2.75) is 19.9 Å². The van der Waals surface area contributed by atoms with Gasteiger partial charge in [-0.15, -0.1) is 0 Å². The Labute approximate surface area is 89.3 Å². The number of nitrogens with zero attached hydrogens (tertiary/aromatic N) is 1. The van der Waals surface area contributed by atoms with Crippen molar-refractivity contribution in [1.29, 1.82) is 0 Å². The van der Waals surface area contributed by atoms with Crippen molar-refractivity contribution in [2.24, 2.45) is 0 Å². The minimum absolute atomic E-state index is 0.0506. The molecule has 0 aromatic heterocycles.